The largest absolute Gasteiger partial charge is 0.480 e. The van der Waals surface area contributed by atoms with E-state index < -0.39 is 35.2 Å². The summed E-state index contributed by atoms with van der Waals surface area (Å²) in [7, 11) is 0. The first kappa shape index (κ1) is 27.4. The molecule has 1 atom stereocenters. The SMILES string of the molecule is O=C(Nc1cc(-c2ccc3ccccc3c2)cn(C(Cc2ccccc2)C(=O)O)c1=O)c1ccc(C(F)(F)F)cc1. The van der Waals surface area contributed by atoms with Crippen molar-refractivity contribution in [3.05, 3.63) is 136 Å². The molecule has 6 nitrogen and oxygen atoms in total. The number of nitrogens with one attached hydrogen (secondary N) is 1. The maximum Gasteiger partial charge on any atom is 0.416 e. The monoisotopic (exact) mass is 556 g/mol. The summed E-state index contributed by atoms with van der Waals surface area (Å²) in [6.45, 7) is 0. The van der Waals surface area contributed by atoms with Gasteiger partial charge in [0.2, 0.25) is 0 Å². The molecule has 5 aromatic rings. The van der Waals surface area contributed by atoms with Crippen molar-refractivity contribution in [1.82, 2.24) is 4.57 Å². The summed E-state index contributed by atoms with van der Waals surface area (Å²) in [5.41, 5.74) is -0.154. The van der Waals surface area contributed by atoms with E-state index in [1.54, 1.807) is 30.3 Å². The van der Waals surface area contributed by atoms with Crippen LogP contribution in [0.2, 0.25) is 0 Å². The van der Waals surface area contributed by atoms with Gasteiger partial charge in [0.05, 0.1) is 5.56 Å². The number of carboxylic acids is 1. The number of pyridine rings is 1. The van der Waals surface area contributed by atoms with Crippen LogP contribution < -0.4 is 10.9 Å². The van der Waals surface area contributed by atoms with Crippen LogP contribution in [0.5, 0.6) is 0 Å². The highest BCUT2D eigenvalue weighted by atomic mass is 19.4. The van der Waals surface area contributed by atoms with E-state index in [0.717, 1.165) is 39.6 Å². The van der Waals surface area contributed by atoms with E-state index in [1.807, 2.05) is 42.5 Å². The molecule has 0 saturated heterocycles. The third-order valence-electron chi connectivity index (χ3n) is 6.74. The second-order valence-corrected chi connectivity index (χ2v) is 9.49. The van der Waals surface area contributed by atoms with E-state index >= 15 is 0 Å². The summed E-state index contributed by atoms with van der Waals surface area (Å²) < 4.78 is 40.0. The van der Waals surface area contributed by atoms with Gasteiger partial charge in [0.15, 0.2) is 0 Å². The number of halogens is 3. The molecule has 0 aliphatic heterocycles. The first-order valence-corrected chi connectivity index (χ1v) is 12.6. The maximum absolute atomic E-state index is 13.6. The third kappa shape index (κ3) is 6.04. The zero-order chi connectivity index (χ0) is 29.1. The molecule has 5 rings (SSSR count). The van der Waals surface area contributed by atoms with Gasteiger partial charge >= 0.3 is 12.1 Å². The summed E-state index contributed by atoms with van der Waals surface area (Å²) in [4.78, 5) is 39.0. The van der Waals surface area contributed by atoms with E-state index in [9.17, 15) is 32.7 Å². The van der Waals surface area contributed by atoms with Crippen molar-refractivity contribution in [1.29, 1.82) is 0 Å². The number of amides is 1. The first-order chi connectivity index (χ1) is 19.6. The highest BCUT2D eigenvalue weighted by Gasteiger charge is 2.30. The normalized spacial score (nSPS) is 12.2. The van der Waals surface area contributed by atoms with Gasteiger partial charge in [-0.2, -0.15) is 13.2 Å². The second-order valence-electron chi connectivity index (χ2n) is 9.49. The van der Waals surface area contributed by atoms with Crippen LogP contribution in [0.3, 0.4) is 0 Å². The van der Waals surface area contributed by atoms with Gasteiger partial charge in [-0.1, -0.05) is 66.7 Å². The van der Waals surface area contributed by atoms with Crippen molar-refractivity contribution in [3.8, 4) is 11.1 Å². The molecule has 1 heterocycles. The van der Waals surface area contributed by atoms with Crippen LogP contribution in [0, 0.1) is 0 Å². The van der Waals surface area contributed by atoms with Gasteiger partial charge in [-0.25, -0.2) is 4.79 Å². The fraction of sp³-hybridized carbons (Fsp3) is 0.0938. The molecule has 0 bridgehead atoms. The lowest BCUT2D eigenvalue weighted by atomic mass is 10.0. The minimum atomic E-state index is -4.57. The number of fused-ring (bicyclic) bond motifs is 1. The van der Waals surface area contributed by atoms with Gasteiger partial charge in [-0.3, -0.25) is 14.2 Å². The number of carboxylic acid groups (broad SMARTS) is 1. The standard InChI is InChI=1S/C32H23F3N2O4/c33-32(34,35)26-14-12-22(13-15-26)29(38)36-27-18-25(24-11-10-21-8-4-5-9-23(21)17-24)19-37(30(27)39)28(31(40)41)16-20-6-2-1-3-7-20/h1-15,17-19,28H,16H2,(H,36,38)(H,40,41). The quantitative estimate of drug-likeness (QED) is 0.231. The lowest BCUT2D eigenvalue weighted by Gasteiger charge is -2.19. The fourth-order valence-electron chi connectivity index (χ4n) is 4.60. The summed E-state index contributed by atoms with van der Waals surface area (Å²) in [6, 6.07) is 25.8. The summed E-state index contributed by atoms with van der Waals surface area (Å²) in [5, 5.41) is 14.5. The average molecular weight is 557 g/mol. The molecule has 0 aliphatic rings. The molecule has 1 unspecified atom stereocenters. The number of hydrogen-bond acceptors (Lipinski definition) is 3. The van der Waals surface area contributed by atoms with Gasteiger partial charge in [-0.05, 0) is 58.3 Å². The number of aromatic nitrogens is 1. The van der Waals surface area contributed by atoms with Crippen LogP contribution in [0.4, 0.5) is 18.9 Å². The Morgan fingerprint density at radius 1 is 0.805 bits per heavy atom. The highest BCUT2D eigenvalue weighted by Crippen LogP contribution is 2.30. The number of benzene rings is 4. The van der Waals surface area contributed by atoms with Crippen LogP contribution in [-0.4, -0.2) is 21.6 Å². The Morgan fingerprint density at radius 3 is 2.12 bits per heavy atom. The van der Waals surface area contributed by atoms with Crippen LogP contribution in [-0.2, 0) is 17.4 Å². The molecule has 0 fully saturated rings. The average Bonchev–Trinajstić information content (AvgIpc) is 2.97. The summed E-state index contributed by atoms with van der Waals surface area (Å²) >= 11 is 0. The zero-order valence-corrected chi connectivity index (χ0v) is 21.4. The molecule has 0 aliphatic carbocycles. The Morgan fingerprint density at radius 2 is 1.46 bits per heavy atom. The second kappa shape index (κ2) is 11.1. The molecule has 0 radical (unpaired) electrons. The fourth-order valence-corrected chi connectivity index (χ4v) is 4.60. The number of anilines is 1. The van der Waals surface area contributed by atoms with Crippen molar-refractivity contribution in [2.24, 2.45) is 0 Å². The number of aliphatic carboxylic acids is 1. The molecule has 206 valence electrons. The number of carbonyl (C=O) groups is 2. The van der Waals surface area contributed by atoms with Crippen LogP contribution in [0.1, 0.15) is 27.5 Å². The van der Waals surface area contributed by atoms with Crippen molar-refractivity contribution >= 4 is 28.3 Å². The first-order valence-electron chi connectivity index (χ1n) is 12.6. The summed E-state index contributed by atoms with van der Waals surface area (Å²) in [5.74, 6) is -2.06. The van der Waals surface area contributed by atoms with Crippen molar-refractivity contribution in [2.45, 2.75) is 18.6 Å². The van der Waals surface area contributed by atoms with E-state index in [-0.39, 0.29) is 17.7 Å². The lowest BCUT2D eigenvalue weighted by molar-refractivity contribution is -0.141. The van der Waals surface area contributed by atoms with Crippen molar-refractivity contribution in [2.75, 3.05) is 5.32 Å². The molecule has 41 heavy (non-hydrogen) atoms. The Kier molecular flexibility index (Phi) is 7.43. The molecule has 9 heteroatoms. The van der Waals surface area contributed by atoms with Gasteiger partial charge in [0, 0.05) is 23.7 Å². The lowest BCUT2D eigenvalue weighted by Crippen LogP contribution is -2.33. The topological polar surface area (TPSA) is 88.4 Å². The number of alkyl halides is 3. The predicted molar refractivity (Wildman–Crippen MR) is 150 cm³/mol. The smallest absolute Gasteiger partial charge is 0.416 e. The highest BCUT2D eigenvalue weighted by molar-refractivity contribution is 6.04. The third-order valence-corrected chi connectivity index (χ3v) is 6.74. The van der Waals surface area contributed by atoms with E-state index in [2.05, 4.69) is 5.32 Å². The molecular weight excluding hydrogens is 533 g/mol. The van der Waals surface area contributed by atoms with Crippen LogP contribution in [0.25, 0.3) is 21.9 Å². The number of carbonyl (C=O) groups excluding carboxylic acids is 1. The van der Waals surface area contributed by atoms with E-state index in [1.165, 1.54) is 12.3 Å². The molecule has 0 spiro atoms. The van der Waals surface area contributed by atoms with E-state index in [4.69, 9.17) is 0 Å². The van der Waals surface area contributed by atoms with Crippen molar-refractivity contribution < 1.29 is 27.9 Å². The molecule has 1 amide bonds. The van der Waals surface area contributed by atoms with Crippen molar-refractivity contribution in [3.63, 3.8) is 0 Å². The molecular formula is C32H23F3N2O4. The molecule has 2 N–H and O–H groups in total. The molecule has 0 saturated carbocycles. The predicted octanol–water partition coefficient (Wildman–Crippen LogP) is 6.81. The van der Waals surface area contributed by atoms with Gasteiger partial charge in [0.25, 0.3) is 11.5 Å². The van der Waals surface area contributed by atoms with Gasteiger partial charge < -0.3 is 10.4 Å². The maximum atomic E-state index is 13.6. The molecule has 1 aromatic heterocycles. The number of nitrogens with zero attached hydrogens (tertiary/aromatic N) is 1. The van der Waals surface area contributed by atoms with Crippen LogP contribution >= 0.6 is 0 Å². The minimum Gasteiger partial charge on any atom is -0.480 e. The Hall–Kier alpha value is -5.18. The molecule has 4 aromatic carbocycles. The number of rotatable bonds is 7. The Bertz CT molecular complexity index is 1800. The Labute approximate surface area is 232 Å². The Balaban J connectivity index is 1.60. The number of hydrogen-bond donors (Lipinski definition) is 2. The van der Waals surface area contributed by atoms with Crippen LogP contribution in [0.15, 0.2) is 114 Å². The van der Waals surface area contributed by atoms with E-state index in [0.29, 0.717) is 16.7 Å². The minimum absolute atomic E-state index is 0.00352. The summed E-state index contributed by atoms with van der Waals surface area (Å²) in [6.07, 6.45) is -3.12. The van der Waals surface area contributed by atoms with Gasteiger partial charge in [-0.15, -0.1) is 0 Å². The zero-order valence-electron chi connectivity index (χ0n) is 21.4. The van der Waals surface area contributed by atoms with Gasteiger partial charge in [0.1, 0.15) is 11.7 Å².